The Labute approximate surface area is 178 Å². The van der Waals surface area contributed by atoms with E-state index in [0.29, 0.717) is 47.1 Å². The van der Waals surface area contributed by atoms with E-state index in [-0.39, 0.29) is 0 Å². The highest BCUT2D eigenvalue weighted by atomic mass is 16.1. The number of carbonyl (C=O) groups excluding carboxylic acids is 2. The number of benzene rings is 1. The Morgan fingerprint density at radius 1 is 0.567 bits per heavy atom. The van der Waals surface area contributed by atoms with Gasteiger partial charge in [-0.25, -0.2) is 0 Å². The number of rotatable bonds is 2. The fraction of sp³-hybridized carbons (Fsp3) is 0.571. The molecule has 1 aromatic rings. The summed E-state index contributed by atoms with van der Waals surface area (Å²) >= 11 is 0. The molecule has 2 nitrogen and oxygen atoms in total. The van der Waals surface area contributed by atoms with Crippen LogP contribution in [0.25, 0.3) is 12.2 Å². The SMILES string of the molecule is O=C1C(=Cc2ccc(/C=C3\C(=O)C4CC3C3CCCC43)cc2)C2CC1C1CCCC21. The Bertz CT molecular complexity index is 915. The van der Waals surface area contributed by atoms with Gasteiger partial charge in [-0.1, -0.05) is 37.1 Å². The van der Waals surface area contributed by atoms with Crippen molar-refractivity contribution in [3.63, 3.8) is 0 Å². The van der Waals surface area contributed by atoms with Crippen molar-refractivity contribution in [2.45, 2.75) is 51.4 Å². The lowest BCUT2D eigenvalue weighted by molar-refractivity contribution is -0.120. The van der Waals surface area contributed by atoms with Crippen molar-refractivity contribution < 1.29 is 9.59 Å². The van der Waals surface area contributed by atoms with E-state index in [9.17, 15) is 9.59 Å². The minimum Gasteiger partial charge on any atom is -0.294 e. The molecule has 30 heavy (non-hydrogen) atoms. The van der Waals surface area contributed by atoms with Gasteiger partial charge in [0.15, 0.2) is 11.6 Å². The quantitative estimate of drug-likeness (QED) is 0.597. The highest BCUT2D eigenvalue weighted by Crippen LogP contribution is 2.60. The summed E-state index contributed by atoms with van der Waals surface area (Å²) in [7, 11) is 0. The normalized spacial score (nSPS) is 45.9. The molecular weight excluding hydrogens is 368 g/mol. The van der Waals surface area contributed by atoms with Crippen LogP contribution in [-0.2, 0) is 9.59 Å². The maximum absolute atomic E-state index is 12.9. The van der Waals surface area contributed by atoms with Gasteiger partial charge in [-0.15, -0.1) is 0 Å². The van der Waals surface area contributed by atoms with E-state index in [1.807, 2.05) is 0 Å². The van der Waals surface area contributed by atoms with Gasteiger partial charge < -0.3 is 0 Å². The van der Waals surface area contributed by atoms with Crippen LogP contribution < -0.4 is 0 Å². The highest BCUT2D eigenvalue weighted by Gasteiger charge is 2.57. The number of ketones is 2. The number of fused-ring (bicyclic) bond motifs is 10. The third-order valence-corrected chi connectivity index (χ3v) is 9.96. The average Bonchev–Trinajstić information content (AvgIpc) is 3.53. The van der Waals surface area contributed by atoms with Gasteiger partial charge in [0, 0.05) is 11.8 Å². The van der Waals surface area contributed by atoms with Crippen LogP contribution in [0.4, 0.5) is 0 Å². The fourth-order valence-electron chi connectivity index (χ4n) is 8.80. The summed E-state index contributed by atoms with van der Waals surface area (Å²) in [4.78, 5) is 25.8. The maximum atomic E-state index is 12.9. The van der Waals surface area contributed by atoms with Crippen LogP contribution in [-0.4, -0.2) is 11.6 Å². The Balaban J connectivity index is 1.14. The van der Waals surface area contributed by atoms with Crippen molar-refractivity contribution in [1.29, 1.82) is 0 Å². The second kappa shape index (κ2) is 6.28. The Morgan fingerprint density at radius 3 is 1.33 bits per heavy atom. The maximum Gasteiger partial charge on any atom is 0.162 e. The molecule has 0 spiro atoms. The molecule has 154 valence electrons. The van der Waals surface area contributed by atoms with Crippen LogP contribution in [0.2, 0.25) is 0 Å². The summed E-state index contributed by atoms with van der Waals surface area (Å²) in [6.07, 6.45) is 14.4. The van der Waals surface area contributed by atoms with Crippen molar-refractivity contribution in [3.05, 3.63) is 46.5 Å². The fourth-order valence-corrected chi connectivity index (χ4v) is 8.80. The van der Waals surface area contributed by atoms with Gasteiger partial charge in [0.05, 0.1) is 0 Å². The number of carbonyl (C=O) groups is 2. The minimum atomic E-state index is 0.320. The predicted molar refractivity (Wildman–Crippen MR) is 117 cm³/mol. The van der Waals surface area contributed by atoms with Gasteiger partial charge >= 0.3 is 0 Å². The Kier molecular flexibility index (Phi) is 3.70. The first-order valence-electron chi connectivity index (χ1n) is 12.3. The second-order valence-corrected chi connectivity index (χ2v) is 11.0. The van der Waals surface area contributed by atoms with Gasteiger partial charge in [0.1, 0.15) is 0 Å². The zero-order valence-corrected chi connectivity index (χ0v) is 17.6. The topological polar surface area (TPSA) is 34.1 Å². The molecule has 4 bridgehead atoms. The van der Waals surface area contributed by atoms with E-state index >= 15 is 0 Å². The minimum absolute atomic E-state index is 0.320. The molecular formula is C28H30O2. The van der Waals surface area contributed by atoms with Gasteiger partial charge in [0.25, 0.3) is 0 Å². The van der Waals surface area contributed by atoms with E-state index in [1.165, 1.54) is 38.5 Å². The molecule has 0 amide bonds. The molecule has 0 aliphatic heterocycles. The molecule has 6 aliphatic carbocycles. The van der Waals surface area contributed by atoms with E-state index in [4.69, 9.17) is 0 Å². The van der Waals surface area contributed by atoms with Crippen molar-refractivity contribution in [1.82, 2.24) is 0 Å². The molecule has 0 saturated heterocycles. The van der Waals surface area contributed by atoms with Crippen LogP contribution >= 0.6 is 0 Å². The smallest absolute Gasteiger partial charge is 0.162 e. The number of allylic oxidation sites excluding steroid dienone is 2. The first-order chi connectivity index (χ1) is 14.7. The summed E-state index contributed by atoms with van der Waals surface area (Å²) in [6, 6.07) is 8.56. The molecule has 0 radical (unpaired) electrons. The van der Waals surface area contributed by atoms with Gasteiger partial charge in [0.2, 0.25) is 0 Å². The largest absolute Gasteiger partial charge is 0.294 e. The molecule has 7 rings (SSSR count). The van der Waals surface area contributed by atoms with Crippen molar-refractivity contribution >= 4 is 23.7 Å². The lowest BCUT2D eigenvalue weighted by atomic mass is 9.77. The molecule has 8 unspecified atom stereocenters. The monoisotopic (exact) mass is 398 g/mol. The summed E-state index contributed by atoms with van der Waals surface area (Å²) in [5.41, 5.74) is 4.48. The summed E-state index contributed by atoms with van der Waals surface area (Å²) < 4.78 is 0. The number of Topliss-reactive ketones (excluding diaryl/α,β-unsaturated/α-hetero) is 2. The van der Waals surface area contributed by atoms with E-state index < -0.39 is 0 Å². The Hall–Kier alpha value is -1.96. The van der Waals surface area contributed by atoms with Gasteiger partial charge in [-0.05, 0) is 108 Å². The predicted octanol–water partition coefficient (Wildman–Crippen LogP) is 5.72. The summed E-state index contributed by atoms with van der Waals surface area (Å²) in [6.45, 7) is 0. The van der Waals surface area contributed by atoms with E-state index in [2.05, 4.69) is 36.4 Å². The molecule has 6 aliphatic rings. The van der Waals surface area contributed by atoms with Crippen LogP contribution in [0.3, 0.4) is 0 Å². The van der Waals surface area contributed by atoms with Gasteiger partial charge in [-0.2, -0.15) is 0 Å². The molecule has 6 fully saturated rings. The molecule has 1 aromatic carbocycles. The van der Waals surface area contributed by atoms with Crippen LogP contribution in [0.1, 0.15) is 62.5 Å². The molecule has 0 N–H and O–H groups in total. The highest BCUT2D eigenvalue weighted by molar-refractivity contribution is 6.06. The Morgan fingerprint density at radius 2 is 0.933 bits per heavy atom. The van der Waals surface area contributed by atoms with Crippen molar-refractivity contribution in [2.75, 3.05) is 0 Å². The van der Waals surface area contributed by atoms with Crippen molar-refractivity contribution in [3.8, 4) is 0 Å². The van der Waals surface area contributed by atoms with Crippen LogP contribution in [0.5, 0.6) is 0 Å². The molecule has 0 heterocycles. The standard InChI is InChI=1S/C28H30O2/c29-27-23(21-13-25(27)19-5-1-3-17(19)21)11-15-7-9-16(10-8-15)12-24-22-14-26(28(24)30)20-6-2-4-18(20)22/h7-12,17-22,25-26H,1-6,13-14H2/b23-11-,24-12?. The third kappa shape index (κ3) is 2.31. The molecule has 2 heteroatoms. The van der Waals surface area contributed by atoms with Crippen LogP contribution in [0, 0.1) is 47.3 Å². The second-order valence-electron chi connectivity index (χ2n) is 11.0. The third-order valence-electron chi connectivity index (χ3n) is 9.96. The summed E-state index contributed by atoms with van der Waals surface area (Å²) in [5, 5.41) is 0. The summed E-state index contributed by atoms with van der Waals surface area (Å²) in [5.74, 6) is 5.46. The first kappa shape index (κ1) is 17.7. The zero-order valence-electron chi connectivity index (χ0n) is 17.6. The number of hydrogen-bond acceptors (Lipinski definition) is 2. The lowest BCUT2D eigenvalue weighted by Crippen LogP contribution is -2.26. The zero-order chi connectivity index (χ0) is 20.0. The first-order valence-corrected chi connectivity index (χ1v) is 12.3. The van der Waals surface area contributed by atoms with Crippen molar-refractivity contribution in [2.24, 2.45) is 47.3 Å². The van der Waals surface area contributed by atoms with E-state index in [0.717, 1.165) is 47.0 Å². The number of hydrogen-bond donors (Lipinski definition) is 0. The molecule has 8 atom stereocenters. The molecule has 0 aromatic heterocycles. The van der Waals surface area contributed by atoms with Gasteiger partial charge in [-0.3, -0.25) is 9.59 Å². The molecule has 6 saturated carbocycles. The van der Waals surface area contributed by atoms with Crippen LogP contribution in [0.15, 0.2) is 35.4 Å². The average molecular weight is 399 g/mol. The lowest BCUT2D eigenvalue weighted by Gasteiger charge is -2.26. The van der Waals surface area contributed by atoms with E-state index in [1.54, 1.807) is 0 Å².